The molecule has 2 aromatic heterocycles. The fourth-order valence-corrected chi connectivity index (χ4v) is 22.8. The van der Waals surface area contributed by atoms with E-state index in [9.17, 15) is 0 Å². The van der Waals surface area contributed by atoms with E-state index in [2.05, 4.69) is 373 Å². The largest absolute Gasteiger partial charge is 0.309 e. The van der Waals surface area contributed by atoms with Gasteiger partial charge in [0.25, 0.3) is 0 Å². The molecule has 2 nitrogen and oxygen atoms in total. The van der Waals surface area contributed by atoms with Gasteiger partial charge in [0, 0.05) is 21.5 Å². The first kappa shape index (κ1) is 56.8. The van der Waals surface area contributed by atoms with Gasteiger partial charge in [0.1, 0.15) is 0 Å². The van der Waals surface area contributed by atoms with Gasteiger partial charge in [0.15, 0.2) is 0 Å². The Labute approximate surface area is 617 Å². The van der Waals surface area contributed by atoms with Crippen molar-refractivity contribution < 1.29 is 0 Å². The summed E-state index contributed by atoms with van der Waals surface area (Å²) in [4.78, 5) is 0. The van der Waals surface area contributed by atoms with Crippen molar-refractivity contribution in [3.63, 3.8) is 0 Å². The van der Waals surface area contributed by atoms with E-state index in [1.807, 2.05) is 0 Å². The van der Waals surface area contributed by atoms with Crippen LogP contribution < -0.4 is 0 Å². The molecule has 0 fully saturated rings. The van der Waals surface area contributed by atoms with Crippen molar-refractivity contribution in [2.45, 2.75) is 16.2 Å². The van der Waals surface area contributed by atoms with Crippen molar-refractivity contribution in [1.29, 1.82) is 0 Å². The molecule has 0 bridgehead atoms. The normalized spacial score (nSPS) is 16.4. The lowest BCUT2D eigenvalue weighted by Crippen LogP contribution is -2.33. The van der Waals surface area contributed by atoms with E-state index in [0.717, 1.165) is 0 Å². The summed E-state index contributed by atoms with van der Waals surface area (Å²) in [5.74, 6) is 0. The zero-order valence-corrected chi connectivity index (χ0v) is 58.0. The first-order chi connectivity index (χ1) is 53.2. The molecule has 0 amide bonds. The van der Waals surface area contributed by atoms with Crippen LogP contribution in [0, 0.1) is 0 Å². The van der Waals surface area contributed by atoms with Gasteiger partial charge in [-0.15, -0.1) is 0 Å². The summed E-state index contributed by atoms with van der Waals surface area (Å²) in [6.45, 7) is 0. The van der Waals surface area contributed by atoms with Gasteiger partial charge in [0.05, 0.1) is 49.7 Å². The lowest BCUT2D eigenvalue weighted by atomic mass is 9.65. The van der Waals surface area contributed by atoms with Crippen molar-refractivity contribution in [3.8, 4) is 89.3 Å². The zero-order valence-electron chi connectivity index (χ0n) is 58.0. The van der Waals surface area contributed by atoms with E-state index >= 15 is 0 Å². The number of para-hydroxylation sites is 6. The number of benzene rings is 18. The molecule has 2 heteroatoms. The molecule has 26 rings (SSSR count). The summed E-state index contributed by atoms with van der Waals surface area (Å²) in [5.41, 5.74) is 39.1. The smallest absolute Gasteiger partial charge is 0.0754 e. The molecular formula is C105H60N2. The second-order valence-corrected chi connectivity index (χ2v) is 30.5. The van der Waals surface area contributed by atoms with Crippen molar-refractivity contribution in [1.82, 2.24) is 9.13 Å². The van der Waals surface area contributed by atoms with E-state index < -0.39 is 16.2 Å². The second-order valence-electron chi connectivity index (χ2n) is 30.5. The van der Waals surface area contributed by atoms with Crippen LogP contribution in [0.25, 0.3) is 165 Å². The summed E-state index contributed by atoms with van der Waals surface area (Å²) in [6, 6.07) is 141. The zero-order chi connectivity index (χ0) is 69.3. The molecule has 490 valence electrons. The van der Waals surface area contributed by atoms with Crippen molar-refractivity contribution in [3.05, 3.63) is 431 Å². The standard InChI is InChI=1S/C105H60N2/c1-2-27-62-61(26-1)58-59-89-99(62)100-77(42-25-51-88(100)103(89)80-43-9-3-28-65(80)66-29-4-10-44-81(66)103)96-71-36-19-34-63(69-38-21-49-86-97(69)75-32-5-11-45-82(75)104(86)84-47-13-17-56-94(84)106-92-54-15-7-30-67(92)73-40-23-52-90(104)101(73)106)78(71)60-79-64(35-20-37-72(79)96)70-39-22-50-87-98(70)76-33-6-12-46-83(76)105(87)85-48-14-18-57-95(85)107-93-55-16-8-31-68(93)74-41-24-53-91(105)102(74)107/h1-60H. The van der Waals surface area contributed by atoms with Gasteiger partial charge in [-0.3, -0.25) is 0 Å². The van der Waals surface area contributed by atoms with E-state index in [1.165, 1.54) is 232 Å². The summed E-state index contributed by atoms with van der Waals surface area (Å²) in [7, 11) is 0. The van der Waals surface area contributed by atoms with Crippen molar-refractivity contribution >= 4 is 75.9 Å². The van der Waals surface area contributed by atoms with Gasteiger partial charge in [0.2, 0.25) is 0 Å². The molecule has 107 heavy (non-hydrogen) atoms. The van der Waals surface area contributed by atoms with Crippen LogP contribution in [0.4, 0.5) is 0 Å². The topological polar surface area (TPSA) is 9.86 Å². The molecule has 0 saturated carbocycles. The minimum atomic E-state index is -0.630. The maximum absolute atomic E-state index is 2.62. The third-order valence-corrected chi connectivity index (χ3v) is 26.3. The number of nitrogens with zero attached hydrogens (tertiary/aromatic N) is 2. The Morgan fingerprint density at radius 1 is 0.159 bits per heavy atom. The third kappa shape index (κ3) is 6.51. The summed E-state index contributed by atoms with van der Waals surface area (Å²) in [6.07, 6.45) is 0. The number of hydrogen-bond acceptors (Lipinski definition) is 0. The molecule has 6 aliphatic rings. The van der Waals surface area contributed by atoms with E-state index in [4.69, 9.17) is 0 Å². The lowest BCUT2D eigenvalue weighted by molar-refractivity contribution is 0.748. The molecule has 2 unspecified atom stereocenters. The molecule has 4 heterocycles. The predicted octanol–water partition coefficient (Wildman–Crippen LogP) is 26.0. The Bertz CT molecular complexity index is 7160. The SMILES string of the molecule is c1ccc2c(c1)-c1ccccc1C21c2cccc(-c3c4cccc(-c5cccc6c5-c5ccccc5C65c6ccccc6-n6c7ccccc7c7cccc5c76)c4cc4c(-c5cccc6c5-c5ccccc5C65c6ccccc6-n6c7ccccc7c7cccc5c76)cccc34)c2-c2c1ccc1ccccc21. The molecule has 2 atom stereocenters. The number of fused-ring (bicyclic) bond motifs is 38. The van der Waals surface area contributed by atoms with E-state index in [-0.39, 0.29) is 0 Å². The maximum Gasteiger partial charge on any atom is 0.0754 e. The Morgan fingerprint density at radius 3 is 1.01 bits per heavy atom. The number of hydrogen-bond donors (Lipinski definition) is 0. The fraction of sp³-hybridized carbons (Fsp3) is 0.0286. The van der Waals surface area contributed by atoms with Crippen molar-refractivity contribution in [2.75, 3.05) is 0 Å². The van der Waals surface area contributed by atoms with Crippen LogP contribution in [-0.2, 0) is 16.2 Å². The summed E-state index contributed by atoms with van der Waals surface area (Å²) >= 11 is 0. The third-order valence-electron chi connectivity index (χ3n) is 26.3. The van der Waals surface area contributed by atoms with Gasteiger partial charge in [-0.25, -0.2) is 0 Å². The van der Waals surface area contributed by atoms with Crippen LogP contribution in [0.3, 0.4) is 0 Å². The Morgan fingerprint density at radius 2 is 0.486 bits per heavy atom. The first-order valence-electron chi connectivity index (χ1n) is 37.7. The summed E-state index contributed by atoms with van der Waals surface area (Å²) in [5, 5.41) is 12.5. The van der Waals surface area contributed by atoms with Crippen LogP contribution in [0.2, 0.25) is 0 Å². The molecule has 20 aromatic rings. The molecule has 2 aliphatic heterocycles. The maximum atomic E-state index is 2.62. The molecule has 18 aromatic carbocycles. The minimum absolute atomic E-state index is 0.580. The molecule has 4 aliphatic carbocycles. The molecule has 0 radical (unpaired) electrons. The highest BCUT2D eigenvalue weighted by Crippen LogP contribution is 2.69. The predicted molar refractivity (Wildman–Crippen MR) is 442 cm³/mol. The summed E-state index contributed by atoms with van der Waals surface area (Å²) < 4.78 is 5.12. The van der Waals surface area contributed by atoms with Crippen LogP contribution in [0.15, 0.2) is 364 Å². The van der Waals surface area contributed by atoms with Crippen LogP contribution in [0.1, 0.15) is 66.8 Å². The highest BCUT2D eigenvalue weighted by Gasteiger charge is 2.56. The average molecular weight is 1350 g/mol. The molecule has 3 spiro atoms. The highest BCUT2D eigenvalue weighted by molar-refractivity contribution is 6.24. The van der Waals surface area contributed by atoms with Gasteiger partial charge < -0.3 is 9.13 Å². The first-order valence-corrected chi connectivity index (χ1v) is 37.7. The Hall–Kier alpha value is -13.7. The minimum Gasteiger partial charge on any atom is -0.309 e. The molecule has 0 N–H and O–H groups in total. The highest BCUT2D eigenvalue weighted by atomic mass is 15.0. The monoisotopic (exact) mass is 1350 g/mol. The van der Waals surface area contributed by atoms with Crippen LogP contribution >= 0.6 is 0 Å². The fourth-order valence-electron chi connectivity index (χ4n) is 22.8. The molecular weight excluding hydrogens is 1290 g/mol. The Balaban J connectivity index is 0.798. The second kappa shape index (κ2) is 20.0. The Kier molecular flexibility index (Phi) is 10.6. The van der Waals surface area contributed by atoms with E-state index in [0.29, 0.717) is 0 Å². The number of rotatable bonds is 3. The van der Waals surface area contributed by atoms with Gasteiger partial charge in [-0.1, -0.05) is 334 Å². The van der Waals surface area contributed by atoms with Gasteiger partial charge >= 0.3 is 0 Å². The van der Waals surface area contributed by atoms with Gasteiger partial charge in [-0.05, 0) is 207 Å². The van der Waals surface area contributed by atoms with Crippen LogP contribution in [-0.4, -0.2) is 9.13 Å². The lowest BCUT2D eigenvalue weighted by Gasteiger charge is -2.39. The van der Waals surface area contributed by atoms with Gasteiger partial charge in [-0.2, -0.15) is 0 Å². The van der Waals surface area contributed by atoms with Crippen LogP contribution in [0.5, 0.6) is 0 Å². The molecule has 0 saturated heterocycles. The van der Waals surface area contributed by atoms with E-state index in [1.54, 1.807) is 0 Å². The average Bonchev–Trinajstić information content (AvgIpc) is 1.52. The van der Waals surface area contributed by atoms with Crippen molar-refractivity contribution in [2.24, 2.45) is 0 Å². The quantitative estimate of drug-likeness (QED) is 0.156. The number of aromatic nitrogens is 2.